The van der Waals surface area contributed by atoms with Crippen LogP contribution in [0.1, 0.15) is 23.5 Å². The van der Waals surface area contributed by atoms with E-state index in [9.17, 15) is 0 Å². The maximum atomic E-state index is 3.62. The predicted molar refractivity (Wildman–Crippen MR) is 71.3 cm³/mol. The fraction of sp³-hybridized carbons (Fsp3) is 0.375. The lowest BCUT2D eigenvalue weighted by Gasteiger charge is -2.35. The summed E-state index contributed by atoms with van der Waals surface area (Å²) in [6.07, 6.45) is 1.38. The highest BCUT2D eigenvalue weighted by Gasteiger charge is 2.47. The van der Waals surface area contributed by atoms with Crippen molar-refractivity contribution in [2.24, 2.45) is 5.92 Å². The predicted octanol–water partition coefficient (Wildman–Crippen LogP) is 3.22. The molecule has 0 spiro atoms. The summed E-state index contributed by atoms with van der Waals surface area (Å²) in [5, 5.41) is 6.52. The quantitative estimate of drug-likeness (QED) is 0.782. The lowest BCUT2D eigenvalue weighted by molar-refractivity contribution is 0.305. The molecule has 86 valence electrons. The SMILES string of the molecule is Cc1ccc(C2C3CNC2C3)c2ccccc12. The van der Waals surface area contributed by atoms with Crippen molar-refractivity contribution in [1.82, 2.24) is 5.32 Å². The number of aryl methyl sites for hydroxylation is 1. The first-order valence-corrected chi connectivity index (χ1v) is 6.56. The Morgan fingerprint density at radius 1 is 1.06 bits per heavy atom. The van der Waals surface area contributed by atoms with Crippen LogP contribution in [0.5, 0.6) is 0 Å². The van der Waals surface area contributed by atoms with Crippen LogP contribution in [0.15, 0.2) is 36.4 Å². The van der Waals surface area contributed by atoms with E-state index in [1.807, 2.05) is 0 Å². The lowest BCUT2D eigenvalue weighted by Crippen LogP contribution is -2.34. The highest BCUT2D eigenvalue weighted by Crippen LogP contribution is 2.48. The summed E-state index contributed by atoms with van der Waals surface area (Å²) in [6.45, 7) is 3.43. The summed E-state index contributed by atoms with van der Waals surface area (Å²) in [5.74, 6) is 1.65. The van der Waals surface area contributed by atoms with Crippen LogP contribution in [-0.2, 0) is 0 Å². The zero-order valence-corrected chi connectivity index (χ0v) is 10.1. The summed E-state index contributed by atoms with van der Waals surface area (Å²) < 4.78 is 0. The van der Waals surface area contributed by atoms with E-state index in [-0.39, 0.29) is 0 Å². The third-order valence-corrected chi connectivity index (χ3v) is 4.68. The number of nitrogens with one attached hydrogen (secondary N) is 1. The van der Waals surface area contributed by atoms with Gasteiger partial charge in [0, 0.05) is 12.0 Å². The highest BCUT2D eigenvalue weighted by molar-refractivity contribution is 5.89. The monoisotopic (exact) mass is 223 g/mol. The molecule has 17 heavy (non-hydrogen) atoms. The smallest absolute Gasteiger partial charge is 0.0143 e. The Hall–Kier alpha value is -1.34. The van der Waals surface area contributed by atoms with Crippen molar-refractivity contribution in [2.75, 3.05) is 6.54 Å². The zero-order valence-electron chi connectivity index (χ0n) is 10.1. The van der Waals surface area contributed by atoms with Gasteiger partial charge in [0.05, 0.1) is 0 Å². The molecule has 5 rings (SSSR count). The third-order valence-electron chi connectivity index (χ3n) is 4.68. The zero-order chi connectivity index (χ0) is 11.4. The standard InChI is InChI=1S/C16H17N/c1-10-6-7-14(13-5-3-2-4-12(10)13)16-11-8-15(16)17-9-11/h2-7,11,15-17H,8-9H2,1H3. The maximum absolute atomic E-state index is 3.62. The van der Waals surface area contributed by atoms with Crippen LogP contribution in [0.4, 0.5) is 0 Å². The summed E-state index contributed by atoms with van der Waals surface area (Å²) in [6, 6.07) is 14.2. The largest absolute Gasteiger partial charge is 0.313 e. The van der Waals surface area contributed by atoms with Crippen molar-refractivity contribution in [3.05, 3.63) is 47.5 Å². The molecule has 1 N–H and O–H groups in total. The molecule has 3 aliphatic rings. The Labute approximate surface area is 102 Å². The first-order valence-electron chi connectivity index (χ1n) is 6.56. The number of fused-ring (bicyclic) bond motifs is 2. The fourth-order valence-electron chi connectivity index (χ4n) is 3.71. The second-order valence-corrected chi connectivity index (χ2v) is 5.55. The molecule has 0 amide bonds. The molecule has 3 atom stereocenters. The van der Waals surface area contributed by atoms with Gasteiger partial charge in [0.2, 0.25) is 0 Å². The van der Waals surface area contributed by atoms with Gasteiger partial charge in [-0.25, -0.2) is 0 Å². The molecule has 2 aliphatic heterocycles. The van der Waals surface area contributed by atoms with E-state index in [1.165, 1.54) is 29.3 Å². The molecule has 1 saturated carbocycles. The van der Waals surface area contributed by atoms with Crippen LogP contribution < -0.4 is 5.32 Å². The van der Waals surface area contributed by atoms with Crippen molar-refractivity contribution in [2.45, 2.75) is 25.3 Å². The molecular formula is C16H17N. The summed E-state index contributed by atoms with van der Waals surface area (Å²) in [4.78, 5) is 0. The van der Waals surface area contributed by atoms with Gasteiger partial charge in [-0.05, 0) is 47.7 Å². The van der Waals surface area contributed by atoms with E-state index in [0.717, 1.165) is 17.9 Å². The van der Waals surface area contributed by atoms with Crippen LogP contribution in [0.2, 0.25) is 0 Å². The summed E-state index contributed by atoms with van der Waals surface area (Å²) in [5.41, 5.74) is 2.96. The molecule has 1 heteroatoms. The molecular weight excluding hydrogens is 206 g/mol. The Balaban J connectivity index is 1.93. The van der Waals surface area contributed by atoms with Crippen LogP contribution in [0.25, 0.3) is 10.8 Å². The Bertz CT molecular complexity index is 573. The topological polar surface area (TPSA) is 12.0 Å². The number of rotatable bonds is 1. The average molecular weight is 223 g/mol. The van der Waals surface area contributed by atoms with Gasteiger partial charge < -0.3 is 5.32 Å². The fourth-order valence-corrected chi connectivity index (χ4v) is 3.71. The Morgan fingerprint density at radius 2 is 1.88 bits per heavy atom. The van der Waals surface area contributed by atoms with Gasteiger partial charge in [0.1, 0.15) is 0 Å². The molecule has 3 fully saturated rings. The molecule has 1 nitrogen and oxygen atoms in total. The van der Waals surface area contributed by atoms with Crippen molar-refractivity contribution >= 4 is 10.8 Å². The summed E-state index contributed by atoms with van der Waals surface area (Å²) >= 11 is 0. The molecule has 2 heterocycles. The van der Waals surface area contributed by atoms with Gasteiger partial charge >= 0.3 is 0 Å². The van der Waals surface area contributed by atoms with Gasteiger partial charge in [-0.3, -0.25) is 0 Å². The molecule has 1 aliphatic carbocycles. The van der Waals surface area contributed by atoms with E-state index in [0.29, 0.717) is 0 Å². The first-order chi connectivity index (χ1) is 8.34. The normalized spacial score (nSPS) is 30.5. The minimum Gasteiger partial charge on any atom is -0.313 e. The van der Waals surface area contributed by atoms with E-state index < -0.39 is 0 Å². The van der Waals surface area contributed by atoms with Crippen LogP contribution in [0, 0.1) is 12.8 Å². The van der Waals surface area contributed by atoms with Crippen molar-refractivity contribution in [3.8, 4) is 0 Å². The minimum absolute atomic E-state index is 0.742. The van der Waals surface area contributed by atoms with Gasteiger partial charge in [-0.15, -0.1) is 0 Å². The second-order valence-electron chi connectivity index (χ2n) is 5.55. The Kier molecular flexibility index (Phi) is 1.89. The van der Waals surface area contributed by atoms with E-state index in [4.69, 9.17) is 0 Å². The molecule has 3 unspecified atom stereocenters. The van der Waals surface area contributed by atoms with Crippen LogP contribution in [-0.4, -0.2) is 12.6 Å². The van der Waals surface area contributed by atoms with Crippen LogP contribution in [0.3, 0.4) is 0 Å². The Morgan fingerprint density at radius 3 is 2.59 bits per heavy atom. The molecule has 0 aromatic heterocycles. The maximum Gasteiger partial charge on any atom is 0.0143 e. The molecule has 2 bridgehead atoms. The average Bonchev–Trinajstić information content (AvgIpc) is 2.96. The molecule has 0 radical (unpaired) electrons. The van der Waals surface area contributed by atoms with Crippen molar-refractivity contribution in [1.29, 1.82) is 0 Å². The minimum atomic E-state index is 0.742. The lowest BCUT2D eigenvalue weighted by atomic mass is 9.69. The van der Waals surface area contributed by atoms with E-state index in [2.05, 4.69) is 48.6 Å². The summed E-state index contributed by atoms with van der Waals surface area (Å²) in [7, 11) is 0. The van der Waals surface area contributed by atoms with Gasteiger partial charge in [0.15, 0.2) is 0 Å². The molecule has 2 aromatic carbocycles. The van der Waals surface area contributed by atoms with Crippen LogP contribution >= 0.6 is 0 Å². The van der Waals surface area contributed by atoms with Gasteiger partial charge in [-0.1, -0.05) is 36.4 Å². The van der Waals surface area contributed by atoms with Gasteiger partial charge in [-0.2, -0.15) is 0 Å². The highest BCUT2D eigenvalue weighted by atomic mass is 15.0. The third kappa shape index (κ3) is 1.23. The molecule has 2 saturated heterocycles. The van der Waals surface area contributed by atoms with Crippen molar-refractivity contribution in [3.63, 3.8) is 0 Å². The van der Waals surface area contributed by atoms with Crippen molar-refractivity contribution < 1.29 is 0 Å². The first kappa shape index (κ1) is 9.67. The number of benzene rings is 2. The number of hydrogen-bond donors (Lipinski definition) is 1. The van der Waals surface area contributed by atoms with E-state index >= 15 is 0 Å². The molecule has 2 aromatic rings. The second kappa shape index (κ2) is 3.33. The van der Waals surface area contributed by atoms with E-state index in [1.54, 1.807) is 5.56 Å². The number of hydrogen-bond acceptors (Lipinski definition) is 1. The van der Waals surface area contributed by atoms with Gasteiger partial charge in [0.25, 0.3) is 0 Å².